The topological polar surface area (TPSA) is 21.3 Å². The molecule has 0 aliphatic carbocycles. The minimum absolute atomic E-state index is 0.889. The predicted octanol–water partition coefficient (Wildman–Crippen LogP) is 1.07. The molecule has 0 bridgehead atoms. The summed E-state index contributed by atoms with van der Waals surface area (Å²) >= 11 is 4.15. The molecule has 4 heteroatoms. The highest BCUT2D eigenvalue weighted by Crippen LogP contribution is 2.14. The monoisotopic (exact) mass is 207 g/mol. The van der Waals surface area contributed by atoms with Gasteiger partial charge in [-0.15, -0.1) is 0 Å². The van der Waals surface area contributed by atoms with E-state index in [0.29, 0.717) is 0 Å². The molecule has 0 spiro atoms. The summed E-state index contributed by atoms with van der Waals surface area (Å²) in [4.78, 5) is 0. The van der Waals surface area contributed by atoms with Crippen molar-refractivity contribution in [2.24, 2.45) is 0 Å². The molecule has 0 saturated carbocycles. The third-order valence-electron chi connectivity index (χ3n) is 1.59. The van der Waals surface area contributed by atoms with E-state index in [1.165, 1.54) is 23.0 Å². The fourth-order valence-corrected chi connectivity index (χ4v) is 3.25. The third kappa shape index (κ3) is 6.17. The Morgan fingerprint density at radius 2 is 1.33 bits per heavy atom. The fraction of sp³-hybridized carbons (Fsp3) is 1.00. The standard InChI is InChI=1S/C4H9NO.C4H8S2/c1-3-6-4-2-5-1;1-2-6-4-3-5-1/h5H,1-4H2;1-4H2. The average Bonchev–Trinajstić information content (AvgIpc) is 2.24. The molecule has 0 unspecified atom stereocenters. The molecule has 0 radical (unpaired) electrons. The lowest BCUT2D eigenvalue weighted by Gasteiger charge is -2.10. The SMILES string of the molecule is C1COCCN1.C1CSCCS1. The van der Waals surface area contributed by atoms with E-state index in [2.05, 4.69) is 28.8 Å². The molecule has 0 aromatic rings. The maximum Gasteiger partial charge on any atom is 0.0591 e. The Bertz CT molecular complexity index is 60.0. The molecule has 12 heavy (non-hydrogen) atoms. The summed E-state index contributed by atoms with van der Waals surface area (Å²) in [6, 6.07) is 0. The molecular formula is C8H17NOS2. The molecule has 0 atom stereocenters. The Morgan fingerprint density at radius 3 is 1.50 bits per heavy atom. The number of hydrogen-bond donors (Lipinski definition) is 1. The summed E-state index contributed by atoms with van der Waals surface area (Å²) in [5, 5.41) is 3.16. The van der Waals surface area contributed by atoms with Crippen LogP contribution in [0.15, 0.2) is 0 Å². The number of nitrogens with one attached hydrogen (secondary N) is 1. The lowest BCUT2D eigenvalue weighted by atomic mass is 10.5. The van der Waals surface area contributed by atoms with Crippen molar-refractivity contribution in [3.8, 4) is 0 Å². The maximum absolute atomic E-state index is 5.01. The highest BCUT2D eigenvalue weighted by atomic mass is 32.2. The van der Waals surface area contributed by atoms with Gasteiger partial charge in [-0.05, 0) is 0 Å². The molecular weight excluding hydrogens is 190 g/mol. The molecule has 2 saturated heterocycles. The second-order valence-electron chi connectivity index (χ2n) is 2.59. The summed E-state index contributed by atoms with van der Waals surface area (Å²) < 4.78 is 5.01. The van der Waals surface area contributed by atoms with Crippen LogP contribution in [0.2, 0.25) is 0 Å². The van der Waals surface area contributed by atoms with E-state index in [-0.39, 0.29) is 0 Å². The van der Waals surface area contributed by atoms with Crippen LogP contribution in [0.3, 0.4) is 0 Å². The first-order valence-electron chi connectivity index (χ1n) is 4.44. The average molecular weight is 207 g/mol. The van der Waals surface area contributed by atoms with Crippen molar-refractivity contribution in [2.45, 2.75) is 0 Å². The van der Waals surface area contributed by atoms with Gasteiger partial charge in [0.1, 0.15) is 0 Å². The largest absolute Gasteiger partial charge is 0.379 e. The Hall–Kier alpha value is 0.620. The molecule has 2 aliphatic rings. The number of thioether (sulfide) groups is 2. The van der Waals surface area contributed by atoms with Gasteiger partial charge in [-0.25, -0.2) is 0 Å². The van der Waals surface area contributed by atoms with Crippen LogP contribution in [0.4, 0.5) is 0 Å². The fourth-order valence-electron chi connectivity index (χ4n) is 0.956. The summed E-state index contributed by atoms with van der Waals surface area (Å²) in [5.41, 5.74) is 0. The molecule has 72 valence electrons. The number of morpholine rings is 1. The van der Waals surface area contributed by atoms with Crippen LogP contribution in [-0.2, 0) is 4.74 Å². The van der Waals surface area contributed by atoms with Crippen molar-refractivity contribution in [1.29, 1.82) is 0 Å². The maximum atomic E-state index is 5.01. The van der Waals surface area contributed by atoms with Gasteiger partial charge in [0.25, 0.3) is 0 Å². The normalized spacial score (nSPS) is 24.0. The molecule has 2 heterocycles. The van der Waals surface area contributed by atoms with Gasteiger partial charge in [-0.1, -0.05) is 0 Å². The van der Waals surface area contributed by atoms with Crippen molar-refractivity contribution >= 4 is 23.5 Å². The number of rotatable bonds is 0. The molecule has 0 aromatic heterocycles. The van der Waals surface area contributed by atoms with Crippen LogP contribution in [-0.4, -0.2) is 49.3 Å². The lowest BCUT2D eigenvalue weighted by molar-refractivity contribution is 0.109. The lowest BCUT2D eigenvalue weighted by Crippen LogP contribution is -2.30. The van der Waals surface area contributed by atoms with Crippen LogP contribution in [0.5, 0.6) is 0 Å². The molecule has 0 amide bonds. The molecule has 0 aromatic carbocycles. The molecule has 1 N–H and O–H groups in total. The van der Waals surface area contributed by atoms with Crippen LogP contribution < -0.4 is 5.32 Å². The first kappa shape index (κ1) is 10.7. The minimum Gasteiger partial charge on any atom is -0.379 e. The van der Waals surface area contributed by atoms with Gasteiger partial charge in [0.2, 0.25) is 0 Å². The van der Waals surface area contributed by atoms with Gasteiger partial charge < -0.3 is 10.1 Å². The van der Waals surface area contributed by atoms with E-state index in [9.17, 15) is 0 Å². The van der Waals surface area contributed by atoms with Gasteiger partial charge in [-0.3, -0.25) is 0 Å². The van der Waals surface area contributed by atoms with E-state index >= 15 is 0 Å². The van der Waals surface area contributed by atoms with E-state index in [1.807, 2.05) is 0 Å². The summed E-state index contributed by atoms with van der Waals surface area (Å²) in [7, 11) is 0. The quantitative estimate of drug-likeness (QED) is 0.641. The van der Waals surface area contributed by atoms with Crippen LogP contribution in [0.25, 0.3) is 0 Å². The van der Waals surface area contributed by atoms with E-state index in [1.54, 1.807) is 0 Å². The third-order valence-corrected chi connectivity index (χ3v) is 4.08. The predicted molar refractivity (Wildman–Crippen MR) is 58.3 cm³/mol. The van der Waals surface area contributed by atoms with Crippen molar-refractivity contribution in [2.75, 3.05) is 49.3 Å². The second kappa shape index (κ2) is 8.23. The number of hydrogen-bond acceptors (Lipinski definition) is 4. The summed E-state index contributed by atoms with van der Waals surface area (Å²) in [5.74, 6) is 5.52. The smallest absolute Gasteiger partial charge is 0.0591 e. The summed E-state index contributed by atoms with van der Waals surface area (Å²) in [6.45, 7) is 3.83. The zero-order chi connectivity index (χ0) is 8.49. The van der Waals surface area contributed by atoms with E-state index in [0.717, 1.165) is 26.3 Å². The van der Waals surface area contributed by atoms with Gasteiger partial charge in [-0.2, -0.15) is 23.5 Å². The first-order chi connectivity index (χ1) is 6.00. The molecule has 2 rings (SSSR count). The van der Waals surface area contributed by atoms with Crippen LogP contribution in [0.1, 0.15) is 0 Å². The number of ether oxygens (including phenoxy) is 1. The van der Waals surface area contributed by atoms with E-state index < -0.39 is 0 Å². The zero-order valence-corrected chi connectivity index (χ0v) is 9.01. The highest BCUT2D eigenvalue weighted by molar-refractivity contribution is 8.06. The van der Waals surface area contributed by atoms with Crippen molar-refractivity contribution in [1.82, 2.24) is 5.32 Å². The van der Waals surface area contributed by atoms with Gasteiger partial charge >= 0.3 is 0 Å². The minimum atomic E-state index is 0.889. The molecule has 2 nitrogen and oxygen atoms in total. The second-order valence-corrected chi connectivity index (χ2v) is 5.04. The Kier molecular flexibility index (Phi) is 7.34. The molecule has 2 aliphatic heterocycles. The first-order valence-corrected chi connectivity index (χ1v) is 6.75. The van der Waals surface area contributed by atoms with Crippen molar-refractivity contribution < 1.29 is 4.74 Å². The molecule has 2 fully saturated rings. The van der Waals surface area contributed by atoms with Gasteiger partial charge in [0, 0.05) is 36.1 Å². The summed E-state index contributed by atoms with van der Waals surface area (Å²) in [6.07, 6.45) is 0. The van der Waals surface area contributed by atoms with Crippen molar-refractivity contribution in [3.63, 3.8) is 0 Å². The van der Waals surface area contributed by atoms with E-state index in [4.69, 9.17) is 4.74 Å². The van der Waals surface area contributed by atoms with Gasteiger partial charge in [0.15, 0.2) is 0 Å². The zero-order valence-electron chi connectivity index (χ0n) is 7.38. The van der Waals surface area contributed by atoms with Gasteiger partial charge in [0.05, 0.1) is 13.2 Å². The highest BCUT2D eigenvalue weighted by Gasteiger charge is 1.95. The van der Waals surface area contributed by atoms with Crippen LogP contribution >= 0.6 is 23.5 Å². The Morgan fingerprint density at radius 1 is 0.833 bits per heavy atom. The van der Waals surface area contributed by atoms with Crippen molar-refractivity contribution in [3.05, 3.63) is 0 Å². The van der Waals surface area contributed by atoms with Crippen LogP contribution in [0, 0.1) is 0 Å². The Labute approximate surface area is 83.2 Å². The Balaban J connectivity index is 0.000000120.